The molecule has 1 aromatic carbocycles. The molecule has 0 saturated heterocycles. The minimum Gasteiger partial charge on any atom is -0.495 e. The largest absolute Gasteiger partial charge is 0.495 e. The third-order valence-electron chi connectivity index (χ3n) is 5.07. The van der Waals surface area contributed by atoms with Crippen LogP contribution in [-0.4, -0.2) is 45.8 Å². The van der Waals surface area contributed by atoms with Gasteiger partial charge in [0.15, 0.2) is 6.61 Å². The first-order valence-corrected chi connectivity index (χ1v) is 11.6. The molecule has 12 heteroatoms. The van der Waals surface area contributed by atoms with Crippen molar-refractivity contribution in [3.63, 3.8) is 0 Å². The number of pyridine rings is 1. The van der Waals surface area contributed by atoms with Crippen LogP contribution in [0.1, 0.15) is 32.5 Å². The van der Waals surface area contributed by atoms with Crippen LogP contribution in [0.5, 0.6) is 11.5 Å². The fraction of sp³-hybridized carbons (Fsp3) is 0.400. The highest BCUT2D eigenvalue weighted by Gasteiger charge is 2.31. The van der Waals surface area contributed by atoms with Crippen LogP contribution in [0.25, 0.3) is 11.1 Å². The molecular weight excluding hydrogens is 515 g/mol. The number of ether oxygens (including phenoxy) is 3. The predicted octanol–water partition coefficient (Wildman–Crippen LogP) is 4.98. The normalized spacial score (nSPS) is 12.8. The van der Waals surface area contributed by atoms with Gasteiger partial charge in [-0.1, -0.05) is 11.6 Å². The first-order valence-electron chi connectivity index (χ1n) is 11.2. The Kier molecular flexibility index (Phi) is 8.26. The average Bonchev–Trinajstić information content (AvgIpc) is 3.19. The summed E-state index contributed by atoms with van der Waals surface area (Å²) in [6, 6.07) is 5.79. The van der Waals surface area contributed by atoms with Crippen molar-refractivity contribution in [1.29, 1.82) is 0 Å². The van der Waals surface area contributed by atoms with Crippen molar-refractivity contribution in [2.75, 3.05) is 13.7 Å². The summed E-state index contributed by atoms with van der Waals surface area (Å²) in [5, 5.41) is 4.50. The zero-order valence-corrected chi connectivity index (χ0v) is 21.7. The quantitative estimate of drug-likeness (QED) is 0.374. The van der Waals surface area contributed by atoms with E-state index in [0.29, 0.717) is 5.69 Å². The Labute approximate surface area is 216 Å². The Morgan fingerprint density at radius 3 is 2.35 bits per heavy atom. The summed E-state index contributed by atoms with van der Waals surface area (Å²) in [4.78, 5) is 26.5. The second-order valence-electron chi connectivity index (χ2n) is 9.28. The molecule has 0 amide bonds. The second-order valence-corrected chi connectivity index (χ2v) is 9.72. The van der Waals surface area contributed by atoms with E-state index in [1.807, 2.05) is 0 Å². The van der Waals surface area contributed by atoms with Crippen molar-refractivity contribution in [1.82, 2.24) is 14.3 Å². The fourth-order valence-electron chi connectivity index (χ4n) is 3.58. The summed E-state index contributed by atoms with van der Waals surface area (Å²) in [6.45, 7) is 3.58. The van der Waals surface area contributed by atoms with Gasteiger partial charge in [-0.05, 0) is 45.0 Å². The predicted molar refractivity (Wildman–Crippen MR) is 131 cm³/mol. The Hall–Kier alpha value is -3.47. The number of aryl methyl sites for hydroxylation is 1. The van der Waals surface area contributed by atoms with Crippen LogP contribution in [0.3, 0.4) is 0 Å². The first kappa shape index (κ1) is 28.1. The number of hydrogen-bond donors (Lipinski definition) is 0. The molecule has 0 saturated carbocycles. The van der Waals surface area contributed by atoms with E-state index in [2.05, 4.69) is 5.10 Å². The zero-order valence-electron chi connectivity index (χ0n) is 20.9. The molecule has 37 heavy (non-hydrogen) atoms. The molecular formula is C25H27ClF3N3O5. The highest BCUT2D eigenvalue weighted by Crippen LogP contribution is 2.38. The van der Waals surface area contributed by atoms with Gasteiger partial charge >= 0.3 is 12.1 Å². The van der Waals surface area contributed by atoms with Crippen molar-refractivity contribution in [3.05, 3.63) is 63.8 Å². The molecule has 0 spiro atoms. The van der Waals surface area contributed by atoms with E-state index in [9.17, 15) is 22.8 Å². The molecule has 2 aromatic heterocycles. The Bertz CT molecular complexity index is 1330. The summed E-state index contributed by atoms with van der Waals surface area (Å²) in [7, 11) is 3.05. The van der Waals surface area contributed by atoms with Crippen molar-refractivity contribution in [2.45, 2.75) is 45.0 Å². The molecule has 2 heterocycles. The summed E-state index contributed by atoms with van der Waals surface area (Å²) in [5.74, 6) is -0.699. The van der Waals surface area contributed by atoms with Crippen LogP contribution in [0, 0.1) is 0 Å². The van der Waals surface area contributed by atoms with Gasteiger partial charge in [0, 0.05) is 41.9 Å². The lowest BCUT2D eigenvalue weighted by atomic mass is 10.0. The van der Waals surface area contributed by atoms with Gasteiger partial charge in [0.2, 0.25) is 0 Å². The lowest BCUT2D eigenvalue weighted by Gasteiger charge is -2.25. The third kappa shape index (κ3) is 7.51. The molecule has 200 valence electrons. The fourth-order valence-corrected chi connectivity index (χ4v) is 3.75. The maximum atomic E-state index is 13.3. The third-order valence-corrected chi connectivity index (χ3v) is 5.31. The van der Waals surface area contributed by atoms with Crippen molar-refractivity contribution in [2.24, 2.45) is 7.05 Å². The molecule has 3 aromatic rings. The van der Waals surface area contributed by atoms with Gasteiger partial charge in [0.1, 0.15) is 23.1 Å². The first-order chi connectivity index (χ1) is 17.2. The zero-order chi connectivity index (χ0) is 27.5. The van der Waals surface area contributed by atoms with Crippen LogP contribution in [0.2, 0.25) is 5.02 Å². The Morgan fingerprint density at radius 1 is 1.11 bits per heavy atom. The molecule has 1 unspecified atom stereocenters. The second kappa shape index (κ2) is 10.9. The van der Waals surface area contributed by atoms with Gasteiger partial charge in [0.05, 0.1) is 19.0 Å². The lowest BCUT2D eigenvalue weighted by molar-refractivity contribution is -0.159. The molecule has 0 fully saturated rings. The number of alkyl halides is 3. The number of carbonyl (C=O) groups excluding carboxylic acids is 1. The van der Waals surface area contributed by atoms with Crippen molar-refractivity contribution >= 4 is 17.6 Å². The number of hydrogen-bond acceptors (Lipinski definition) is 6. The van der Waals surface area contributed by atoms with Gasteiger partial charge in [0.25, 0.3) is 5.56 Å². The summed E-state index contributed by atoms with van der Waals surface area (Å²) >= 11 is 6.10. The topological polar surface area (TPSA) is 84.6 Å². The SMILES string of the molecule is COc1cn(C(Cc2ccn(C)n2)C(=O)OC(C)(C)C)c(=O)cc1-c1cc(Cl)ccc1OCC(F)(F)F. The maximum absolute atomic E-state index is 13.3. The van der Waals surface area contributed by atoms with E-state index in [1.165, 1.54) is 31.5 Å². The number of carbonyl (C=O) groups is 1. The molecule has 0 aliphatic carbocycles. The van der Waals surface area contributed by atoms with Gasteiger partial charge in [-0.15, -0.1) is 0 Å². The summed E-state index contributed by atoms with van der Waals surface area (Å²) in [5.41, 5.74) is -0.630. The van der Waals surface area contributed by atoms with Crippen LogP contribution in [0.4, 0.5) is 13.2 Å². The van der Waals surface area contributed by atoms with E-state index < -0.39 is 36.0 Å². The van der Waals surface area contributed by atoms with Crippen LogP contribution in [0.15, 0.2) is 47.5 Å². The maximum Gasteiger partial charge on any atom is 0.422 e. The van der Waals surface area contributed by atoms with E-state index in [0.717, 1.165) is 10.6 Å². The number of halogens is 4. The number of aromatic nitrogens is 3. The Morgan fingerprint density at radius 2 is 1.78 bits per heavy atom. The van der Waals surface area contributed by atoms with E-state index >= 15 is 0 Å². The Balaban J connectivity index is 2.11. The van der Waals surface area contributed by atoms with Gasteiger partial charge < -0.3 is 14.2 Å². The smallest absolute Gasteiger partial charge is 0.422 e. The molecule has 0 bridgehead atoms. The van der Waals surface area contributed by atoms with Crippen LogP contribution in [-0.2, 0) is 23.0 Å². The number of esters is 1. The van der Waals surface area contributed by atoms with Crippen LogP contribution < -0.4 is 15.0 Å². The number of methoxy groups -OCH3 is 1. The average molecular weight is 542 g/mol. The van der Waals surface area contributed by atoms with Gasteiger partial charge in [-0.3, -0.25) is 14.0 Å². The van der Waals surface area contributed by atoms with Gasteiger partial charge in [-0.2, -0.15) is 18.3 Å². The van der Waals surface area contributed by atoms with Gasteiger partial charge in [-0.25, -0.2) is 4.79 Å². The number of nitrogens with zero attached hydrogens (tertiary/aromatic N) is 3. The molecule has 0 aliphatic heterocycles. The number of benzene rings is 1. The lowest BCUT2D eigenvalue weighted by Crippen LogP contribution is -2.36. The summed E-state index contributed by atoms with van der Waals surface area (Å²) < 4.78 is 57.1. The summed E-state index contributed by atoms with van der Waals surface area (Å²) in [6.07, 6.45) is -1.51. The molecule has 3 rings (SSSR count). The minimum atomic E-state index is -4.57. The highest BCUT2D eigenvalue weighted by molar-refractivity contribution is 6.31. The molecule has 8 nitrogen and oxygen atoms in total. The minimum absolute atomic E-state index is 0.0509. The standard InChI is InChI=1S/C25H27ClF3N3O5/c1-24(2,3)37-23(34)19(11-16-8-9-31(4)30-16)32-13-21(35-5)18(12-22(32)33)17-10-15(26)6-7-20(17)36-14-25(27,28)29/h6-10,12-13,19H,11,14H2,1-5H3. The van der Waals surface area contributed by atoms with Crippen LogP contribution >= 0.6 is 11.6 Å². The van der Waals surface area contributed by atoms with E-state index in [4.69, 9.17) is 25.8 Å². The molecule has 1 atom stereocenters. The van der Waals surface area contributed by atoms with Crippen molar-refractivity contribution < 1.29 is 32.2 Å². The van der Waals surface area contributed by atoms with E-state index in [-0.39, 0.29) is 34.1 Å². The molecule has 0 N–H and O–H groups in total. The van der Waals surface area contributed by atoms with E-state index in [1.54, 1.807) is 44.8 Å². The number of rotatable bonds is 8. The monoisotopic (exact) mass is 541 g/mol. The molecule has 0 aliphatic rings. The highest BCUT2D eigenvalue weighted by atomic mass is 35.5. The molecule has 0 radical (unpaired) electrons. The van der Waals surface area contributed by atoms with Crippen molar-refractivity contribution in [3.8, 4) is 22.6 Å².